The van der Waals surface area contributed by atoms with Crippen LogP contribution in [-0.2, 0) is 12.8 Å². The SMILES string of the molecule is O=C1NNC(Cc2ccc(OCCc3coc(-c4ccccc4)n3)cc2)N1c1ccccc1. The number of para-hydroxylation sites is 1. The highest BCUT2D eigenvalue weighted by atomic mass is 16.5. The van der Waals surface area contributed by atoms with Gasteiger partial charge in [0.25, 0.3) is 0 Å². The number of ether oxygens (including phenoxy) is 1. The van der Waals surface area contributed by atoms with Crippen molar-refractivity contribution in [2.75, 3.05) is 11.5 Å². The van der Waals surface area contributed by atoms with E-state index in [1.165, 1.54) is 0 Å². The third-order valence-electron chi connectivity index (χ3n) is 5.46. The lowest BCUT2D eigenvalue weighted by Crippen LogP contribution is -2.39. The van der Waals surface area contributed by atoms with Crippen molar-refractivity contribution in [3.63, 3.8) is 0 Å². The van der Waals surface area contributed by atoms with Crippen LogP contribution in [0.3, 0.4) is 0 Å². The fourth-order valence-electron chi connectivity index (χ4n) is 3.79. The van der Waals surface area contributed by atoms with Gasteiger partial charge in [-0.2, -0.15) is 0 Å². The fourth-order valence-corrected chi connectivity index (χ4v) is 3.79. The van der Waals surface area contributed by atoms with Crippen molar-refractivity contribution in [3.05, 3.63) is 102 Å². The molecule has 1 aromatic heterocycles. The van der Waals surface area contributed by atoms with Crippen LogP contribution in [0.1, 0.15) is 11.3 Å². The number of oxazole rings is 1. The van der Waals surface area contributed by atoms with Gasteiger partial charge in [0.1, 0.15) is 18.2 Å². The predicted octanol–water partition coefficient (Wildman–Crippen LogP) is 4.57. The number of carbonyl (C=O) groups excluding carboxylic acids is 1. The van der Waals surface area contributed by atoms with Gasteiger partial charge in [-0.25, -0.2) is 15.2 Å². The number of benzene rings is 3. The molecular formula is C26H24N4O3. The van der Waals surface area contributed by atoms with Crippen LogP contribution in [0, 0.1) is 0 Å². The number of hydrogen-bond acceptors (Lipinski definition) is 5. The number of amides is 2. The molecule has 0 saturated carbocycles. The van der Waals surface area contributed by atoms with Crippen LogP contribution in [-0.4, -0.2) is 23.8 Å². The minimum Gasteiger partial charge on any atom is -0.493 e. The van der Waals surface area contributed by atoms with Gasteiger partial charge < -0.3 is 9.15 Å². The molecule has 4 aromatic rings. The lowest BCUT2D eigenvalue weighted by atomic mass is 10.1. The van der Waals surface area contributed by atoms with Crippen molar-refractivity contribution in [1.82, 2.24) is 15.8 Å². The Morgan fingerprint density at radius 3 is 2.42 bits per heavy atom. The summed E-state index contributed by atoms with van der Waals surface area (Å²) < 4.78 is 11.5. The molecule has 1 aliphatic heterocycles. The Labute approximate surface area is 192 Å². The van der Waals surface area contributed by atoms with Crippen LogP contribution in [0.15, 0.2) is 95.6 Å². The summed E-state index contributed by atoms with van der Waals surface area (Å²) in [6, 6.07) is 27.2. The first-order chi connectivity index (χ1) is 16.3. The van der Waals surface area contributed by atoms with E-state index in [4.69, 9.17) is 9.15 Å². The summed E-state index contributed by atoms with van der Waals surface area (Å²) in [4.78, 5) is 18.5. The number of carbonyl (C=O) groups is 1. The van der Waals surface area contributed by atoms with Crippen LogP contribution >= 0.6 is 0 Å². The molecule has 3 aromatic carbocycles. The Morgan fingerprint density at radius 1 is 0.939 bits per heavy atom. The molecule has 7 heteroatoms. The molecule has 1 fully saturated rings. The van der Waals surface area contributed by atoms with E-state index in [1.54, 1.807) is 11.2 Å². The van der Waals surface area contributed by atoms with Crippen molar-refractivity contribution < 1.29 is 13.9 Å². The molecule has 166 valence electrons. The summed E-state index contributed by atoms with van der Waals surface area (Å²) in [7, 11) is 0. The third-order valence-corrected chi connectivity index (χ3v) is 5.46. The highest BCUT2D eigenvalue weighted by Gasteiger charge is 2.31. The van der Waals surface area contributed by atoms with Crippen molar-refractivity contribution in [1.29, 1.82) is 0 Å². The molecule has 5 rings (SSSR count). The second-order valence-electron chi connectivity index (χ2n) is 7.75. The average Bonchev–Trinajstić information content (AvgIpc) is 3.48. The first kappa shape index (κ1) is 20.8. The molecule has 1 unspecified atom stereocenters. The summed E-state index contributed by atoms with van der Waals surface area (Å²) in [5, 5.41) is 0. The quantitative estimate of drug-likeness (QED) is 0.420. The Hall–Kier alpha value is -4.10. The number of nitrogens with one attached hydrogen (secondary N) is 2. The van der Waals surface area contributed by atoms with Crippen molar-refractivity contribution in [3.8, 4) is 17.2 Å². The van der Waals surface area contributed by atoms with Crippen molar-refractivity contribution in [2.45, 2.75) is 19.0 Å². The standard InChI is InChI=1S/C26H24N4O3/c31-26-29-28-24(30(26)22-9-5-2-6-10-22)17-19-11-13-23(14-12-19)32-16-15-21-18-33-25(27-21)20-7-3-1-4-8-20/h1-14,18,24,28H,15-17H2,(H,29,31). The minimum absolute atomic E-state index is 0.158. The van der Waals surface area contributed by atoms with Gasteiger partial charge in [0.15, 0.2) is 0 Å². The molecule has 0 aliphatic carbocycles. The zero-order valence-corrected chi connectivity index (χ0v) is 18.0. The molecule has 2 amide bonds. The van der Waals surface area contributed by atoms with E-state index in [0.717, 1.165) is 28.3 Å². The number of aromatic nitrogens is 1. The number of hydrogen-bond donors (Lipinski definition) is 2. The molecule has 0 radical (unpaired) electrons. The summed E-state index contributed by atoms with van der Waals surface area (Å²) in [6.07, 6.45) is 2.83. The van der Waals surface area contributed by atoms with Gasteiger partial charge in [-0.3, -0.25) is 10.3 Å². The number of hydrazine groups is 1. The highest BCUT2D eigenvalue weighted by molar-refractivity contribution is 5.94. The zero-order valence-electron chi connectivity index (χ0n) is 18.0. The third kappa shape index (κ3) is 4.88. The Kier molecular flexibility index (Phi) is 6.04. The molecule has 2 N–H and O–H groups in total. The van der Waals surface area contributed by atoms with E-state index in [0.29, 0.717) is 25.3 Å². The molecule has 0 spiro atoms. The van der Waals surface area contributed by atoms with E-state index in [9.17, 15) is 4.79 Å². The Bertz CT molecular complexity index is 1190. The van der Waals surface area contributed by atoms with Gasteiger partial charge in [-0.05, 0) is 42.0 Å². The maximum Gasteiger partial charge on any atom is 0.337 e. The molecule has 1 saturated heterocycles. The lowest BCUT2D eigenvalue weighted by Gasteiger charge is -2.22. The average molecular weight is 441 g/mol. The molecular weight excluding hydrogens is 416 g/mol. The maximum absolute atomic E-state index is 12.3. The highest BCUT2D eigenvalue weighted by Crippen LogP contribution is 2.22. The van der Waals surface area contributed by atoms with E-state index in [2.05, 4.69) is 15.8 Å². The Balaban J connectivity index is 1.14. The van der Waals surface area contributed by atoms with Crippen LogP contribution < -0.4 is 20.5 Å². The molecule has 2 heterocycles. The molecule has 33 heavy (non-hydrogen) atoms. The summed E-state index contributed by atoms with van der Waals surface area (Å²) >= 11 is 0. The minimum atomic E-state index is -0.169. The Morgan fingerprint density at radius 2 is 1.67 bits per heavy atom. The molecule has 1 atom stereocenters. The smallest absolute Gasteiger partial charge is 0.337 e. The lowest BCUT2D eigenvalue weighted by molar-refractivity contribution is 0.250. The maximum atomic E-state index is 12.3. The van der Waals surface area contributed by atoms with Crippen LogP contribution in [0.2, 0.25) is 0 Å². The van der Waals surface area contributed by atoms with Crippen LogP contribution in [0.4, 0.5) is 10.5 Å². The summed E-state index contributed by atoms with van der Waals surface area (Å²) in [6.45, 7) is 0.504. The van der Waals surface area contributed by atoms with Gasteiger partial charge in [-0.15, -0.1) is 0 Å². The largest absolute Gasteiger partial charge is 0.493 e. The molecule has 0 bridgehead atoms. The van der Waals surface area contributed by atoms with E-state index in [1.807, 2.05) is 84.9 Å². The number of rotatable bonds is 8. The van der Waals surface area contributed by atoms with Gasteiger partial charge in [0.05, 0.1) is 12.3 Å². The topological polar surface area (TPSA) is 79.6 Å². The van der Waals surface area contributed by atoms with Gasteiger partial charge in [-0.1, -0.05) is 48.5 Å². The number of nitrogens with zero attached hydrogens (tertiary/aromatic N) is 2. The molecule has 1 aliphatic rings. The van der Waals surface area contributed by atoms with Crippen molar-refractivity contribution >= 4 is 11.7 Å². The van der Waals surface area contributed by atoms with Crippen LogP contribution in [0.25, 0.3) is 11.5 Å². The first-order valence-corrected chi connectivity index (χ1v) is 10.9. The van der Waals surface area contributed by atoms with Crippen LogP contribution in [0.5, 0.6) is 5.75 Å². The van der Waals surface area contributed by atoms with E-state index < -0.39 is 0 Å². The molecule has 7 nitrogen and oxygen atoms in total. The van der Waals surface area contributed by atoms with Gasteiger partial charge in [0, 0.05) is 24.1 Å². The van der Waals surface area contributed by atoms with Gasteiger partial charge >= 0.3 is 6.03 Å². The monoisotopic (exact) mass is 440 g/mol. The second kappa shape index (κ2) is 9.58. The summed E-state index contributed by atoms with van der Waals surface area (Å²) in [5.74, 6) is 1.41. The zero-order chi connectivity index (χ0) is 22.5. The normalized spacial score (nSPS) is 15.5. The first-order valence-electron chi connectivity index (χ1n) is 10.9. The van der Waals surface area contributed by atoms with E-state index >= 15 is 0 Å². The number of anilines is 1. The van der Waals surface area contributed by atoms with E-state index in [-0.39, 0.29) is 12.2 Å². The van der Waals surface area contributed by atoms with Gasteiger partial charge in [0.2, 0.25) is 5.89 Å². The summed E-state index contributed by atoms with van der Waals surface area (Å²) in [5.41, 5.74) is 9.54. The fraction of sp³-hybridized carbons (Fsp3) is 0.154. The second-order valence-corrected chi connectivity index (χ2v) is 7.75. The number of urea groups is 1. The van der Waals surface area contributed by atoms with Crippen molar-refractivity contribution in [2.24, 2.45) is 0 Å². The predicted molar refractivity (Wildman–Crippen MR) is 126 cm³/mol.